The van der Waals surface area contributed by atoms with Crippen molar-refractivity contribution in [2.24, 2.45) is 0 Å². The fourth-order valence-corrected chi connectivity index (χ4v) is 11.3. The summed E-state index contributed by atoms with van der Waals surface area (Å²) in [4.78, 5) is 0. The SMILES string of the molecule is CC(C)[Si]C1=c2ccccc2=c2c([Si]C(C)C)c3c(c([Si]C(C)C)c21)=c1ccccc1=C3[Si]C(C)C. The summed E-state index contributed by atoms with van der Waals surface area (Å²) in [6.45, 7) is 19.2. The maximum Gasteiger partial charge on any atom is 0.0854 e. The minimum atomic E-state index is 0.646. The van der Waals surface area contributed by atoms with E-state index in [0.717, 1.165) is 38.1 Å². The molecule has 5 rings (SSSR count). The molecule has 0 aromatic heterocycles. The molecule has 0 heterocycles. The van der Waals surface area contributed by atoms with Crippen LogP contribution >= 0.6 is 0 Å². The lowest BCUT2D eigenvalue weighted by molar-refractivity contribution is 1.06. The number of benzene rings is 3. The van der Waals surface area contributed by atoms with Crippen molar-refractivity contribution in [1.82, 2.24) is 0 Å². The van der Waals surface area contributed by atoms with E-state index in [4.69, 9.17) is 0 Å². The van der Waals surface area contributed by atoms with Crippen LogP contribution in [-0.2, 0) is 0 Å². The molecule has 0 saturated heterocycles. The van der Waals surface area contributed by atoms with Gasteiger partial charge in [0.2, 0.25) is 0 Å². The quantitative estimate of drug-likeness (QED) is 0.373. The van der Waals surface area contributed by atoms with E-state index in [1.165, 1.54) is 20.9 Å². The van der Waals surface area contributed by atoms with Crippen LogP contribution in [0.25, 0.3) is 10.4 Å². The Bertz CT molecular complexity index is 1520. The van der Waals surface area contributed by atoms with Gasteiger partial charge in [-0.25, -0.2) is 0 Å². The second-order valence-corrected chi connectivity index (χ2v) is 19.1. The standard InChI is InChI=1S/C32H36Si4/c1-17(2)33-29-23-15-11-9-13-21(23)25-27(29)31(35-19(5)6)26-22-14-10-12-16-24(22)30(34-18(3)4)28(26)32(25)36-20(7)8/h9-20H,1-8H3. The predicted octanol–water partition coefficient (Wildman–Crippen LogP) is 4.58. The molecule has 0 fully saturated rings. The zero-order chi connectivity index (χ0) is 25.7. The molecule has 4 heteroatoms. The molecule has 0 spiro atoms. The number of hydrogen-bond acceptors (Lipinski definition) is 0. The molecule has 0 unspecified atom stereocenters. The van der Waals surface area contributed by atoms with E-state index in [2.05, 4.69) is 104 Å². The van der Waals surface area contributed by atoms with E-state index in [1.807, 2.05) is 0 Å². The molecule has 0 nitrogen and oxygen atoms in total. The molecule has 8 radical (unpaired) electrons. The van der Waals surface area contributed by atoms with Crippen LogP contribution < -0.4 is 20.8 Å². The van der Waals surface area contributed by atoms with E-state index < -0.39 is 0 Å². The molecule has 0 N–H and O–H groups in total. The van der Waals surface area contributed by atoms with Crippen LogP contribution in [0.5, 0.6) is 0 Å². The fraction of sp³-hybridized carbons (Fsp3) is 0.375. The summed E-state index contributed by atoms with van der Waals surface area (Å²) in [7, 11) is 3.32. The van der Waals surface area contributed by atoms with Gasteiger partial charge >= 0.3 is 0 Å². The Morgan fingerprint density at radius 2 is 0.722 bits per heavy atom. The van der Waals surface area contributed by atoms with Crippen molar-refractivity contribution >= 4 is 58.8 Å². The minimum absolute atomic E-state index is 0.646. The van der Waals surface area contributed by atoms with E-state index in [-0.39, 0.29) is 0 Å². The molecular weight excluding hydrogens is 497 g/mol. The molecule has 2 aliphatic carbocycles. The first-order chi connectivity index (χ1) is 17.2. The van der Waals surface area contributed by atoms with Gasteiger partial charge in [-0.15, -0.1) is 0 Å². The number of fused-ring (bicyclic) bond motifs is 4. The molecule has 0 aliphatic heterocycles. The highest BCUT2D eigenvalue weighted by Crippen LogP contribution is 2.27. The fourth-order valence-electron chi connectivity index (χ4n) is 5.64. The molecule has 0 saturated carbocycles. The summed E-state index contributed by atoms with van der Waals surface area (Å²) in [5.41, 5.74) is 5.87. The van der Waals surface area contributed by atoms with Gasteiger partial charge in [-0.05, 0) is 63.2 Å². The van der Waals surface area contributed by atoms with Gasteiger partial charge in [0.15, 0.2) is 0 Å². The molecule has 36 heavy (non-hydrogen) atoms. The first kappa shape index (κ1) is 25.9. The van der Waals surface area contributed by atoms with Gasteiger partial charge < -0.3 is 0 Å². The molecule has 3 aromatic carbocycles. The van der Waals surface area contributed by atoms with Crippen LogP contribution in [0, 0.1) is 20.9 Å². The van der Waals surface area contributed by atoms with Crippen molar-refractivity contribution in [2.45, 2.75) is 77.6 Å². The van der Waals surface area contributed by atoms with Crippen molar-refractivity contribution in [1.29, 1.82) is 0 Å². The average Bonchev–Trinajstić information content (AvgIpc) is 3.29. The lowest BCUT2D eigenvalue weighted by Gasteiger charge is -2.22. The van der Waals surface area contributed by atoms with Gasteiger partial charge in [0.25, 0.3) is 0 Å². The highest BCUT2D eigenvalue weighted by Gasteiger charge is 2.29. The molecule has 3 aromatic rings. The van der Waals surface area contributed by atoms with Gasteiger partial charge in [0, 0.05) is 0 Å². The Balaban J connectivity index is 2.09. The first-order valence-electron chi connectivity index (χ1n) is 13.4. The zero-order valence-corrected chi connectivity index (χ0v) is 26.9. The van der Waals surface area contributed by atoms with E-state index >= 15 is 0 Å². The van der Waals surface area contributed by atoms with Crippen LogP contribution in [0.2, 0.25) is 22.2 Å². The van der Waals surface area contributed by atoms with Crippen molar-refractivity contribution < 1.29 is 0 Å². The van der Waals surface area contributed by atoms with Gasteiger partial charge in [-0.2, -0.15) is 0 Å². The Labute approximate surface area is 226 Å². The van der Waals surface area contributed by atoms with Crippen LogP contribution in [0.15, 0.2) is 48.5 Å². The third-order valence-corrected chi connectivity index (χ3v) is 12.2. The number of hydrogen-bond donors (Lipinski definition) is 0. The largest absolute Gasteiger partial charge is 0.0854 e. The highest BCUT2D eigenvalue weighted by atomic mass is 28.2. The Kier molecular flexibility index (Phi) is 7.34. The summed E-state index contributed by atoms with van der Waals surface area (Å²) in [5.74, 6) is 0. The second-order valence-electron chi connectivity index (χ2n) is 11.3. The minimum Gasteiger partial charge on any atom is -0.0653 e. The second kappa shape index (κ2) is 10.2. The van der Waals surface area contributed by atoms with E-state index in [1.54, 1.807) is 42.3 Å². The summed E-state index contributed by atoms with van der Waals surface area (Å²) in [6.07, 6.45) is 0. The number of rotatable bonds is 8. The van der Waals surface area contributed by atoms with Gasteiger partial charge in [0.1, 0.15) is 0 Å². The smallest absolute Gasteiger partial charge is 0.0653 e. The van der Waals surface area contributed by atoms with Gasteiger partial charge in [0.05, 0.1) is 38.1 Å². The Morgan fingerprint density at radius 1 is 0.417 bits per heavy atom. The van der Waals surface area contributed by atoms with Crippen LogP contribution in [-0.4, -0.2) is 38.1 Å². The van der Waals surface area contributed by atoms with Crippen molar-refractivity contribution in [2.75, 3.05) is 0 Å². The zero-order valence-electron chi connectivity index (χ0n) is 22.9. The predicted molar refractivity (Wildman–Crippen MR) is 162 cm³/mol. The lowest BCUT2D eigenvalue weighted by Crippen LogP contribution is -2.34. The van der Waals surface area contributed by atoms with Gasteiger partial charge in [-0.3, -0.25) is 0 Å². The Morgan fingerprint density at radius 3 is 1.03 bits per heavy atom. The highest BCUT2D eigenvalue weighted by molar-refractivity contribution is 6.68. The van der Waals surface area contributed by atoms with Crippen LogP contribution in [0.3, 0.4) is 0 Å². The topological polar surface area (TPSA) is 0 Å². The molecule has 2 aliphatic rings. The molecule has 0 amide bonds. The molecule has 0 bridgehead atoms. The van der Waals surface area contributed by atoms with Crippen molar-refractivity contribution in [3.63, 3.8) is 0 Å². The summed E-state index contributed by atoms with van der Waals surface area (Å²) < 4.78 is 0. The van der Waals surface area contributed by atoms with Gasteiger partial charge in [-0.1, -0.05) is 126 Å². The summed E-state index contributed by atoms with van der Waals surface area (Å²) in [5, 5.41) is 15.8. The normalized spacial score (nSPS) is 13.8. The molecular formula is C32H36Si4. The van der Waals surface area contributed by atoms with Crippen molar-refractivity contribution in [3.05, 3.63) is 91.0 Å². The van der Waals surface area contributed by atoms with E-state index in [0.29, 0.717) is 22.2 Å². The van der Waals surface area contributed by atoms with Crippen LogP contribution in [0.4, 0.5) is 0 Å². The third kappa shape index (κ3) is 4.44. The summed E-state index contributed by atoms with van der Waals surface area (Å²) >= 11 is 0. The molecule has 0 atom stereocenters. The lowest BCUT2D eigenvalue weighted by atomic mass is 10.1. The average molecular weight is 533 g/mol. The molecule has 180 valence electrons. The van der Waals surface area contributed by atoms with Crippen LogP contribution in [0.1, 0.15) is 66.5 Å². The maximum atomic E-state index is 2.42. The monoisotopic (exact) mass is 532 g/mol. The summed E-state index contributed by atoms with van der Waals surface area (Å²) in [6, 6.07) is 18.7. The maximum absolute atomic E-state index is 2.42. The third-order valence-electron chi connectivity index (χ3n) is 6.66. The van der Waals surface area contributed by atoms with E-state index in [9.17, 15) is 0 Å². The van der Waals surface area contributed by atoms with Crippen molar-refractivity contribution in [3.8, 4) is 0 Å². The Hall–Kier alpha value is -1.73. The first-order valence-corrected chi connectivity index (χ1v) is 17.7.